The van der Waals surface area contributed by atoms with Crippen LogP contribution in [0.1, 0.15) is 66.2 Å². The molecule has 3 nitrogen and oxygen atoms in total. The van der Waals surface area contributed by atoms with Crippen LogP contribution in [0.2, 0.25) is 0 Å². The van der Waals surface area contributed by atoms with E-state index in [0.29, 0.717) is 11.8 Å². The summed E-state index contributed by atoms with van der Waals surface area (Å²) >= 11 is 0. The molecule has 4 rings (SSSR count). The minimum Gasteiger partial charge on any atom is -0.307 e. The van der Waals surface area contributed by atoms with Gasteiger partial charge in [-0.3, -0.25) is 4.79 Å². The number of rotatable bonds is 1. The number of carbonyl (C=O) groups excluding carboxylic acids is 3. The summed E-state index contributed by atoms with van der Waals surface area (Å²) in [5, 5.41) is 0. The molecule has 0 saturated carbocycles. The fourth-order valence-corrected chi connectivity index (χ4v) is 5.07. The number of allylic oxidation sites excluding steroid dienone is 8. The van der Waals surface area contributed by atoms with Crippen molar-refractivity contribution in [2.45, 2.75) is 66.2 Å². The van der Waals surface area contributed by atoms with Gasteiger partial charge in [0.2, 0.25) is 0 Å². The van der Waals surface area contributed by atoms with Gasteiger partial charge >= 0.3 is 0 Å². The first-order valence-electron chi connectivity index (χ1n) is 9.97. The normalized spacial score (nSPS) is 33.2. The molecule has 3 atom stereocenters. The van der Waals surface area contributed by atoms with E-state index in [1.54, 1.807) is 22.8 Å². The maximum absolute atomic E-state index is 11.7. The van der Waals surface area contributed by atoms with Gasteiger partial charge in [0.05, 0.1) is 0 Å². The molecule has 4 aliphatic rings. The molecule has 0 fully saturated rings. The highest BCUT2D eigenvalue weighted by Gasteiger charge is 2.48. The summed E-state index contributed by atoms with van der Waals surface area (Å²) in [5.74, 6) is 0.940. The van der Waals surface area contributed by atoms with Crippen molar-refractivity contribution in [3.8, 4) is 0 Å². The molecule has 0 radical (unpaired) electrons. The van der Waals surface area contributed by atoms with E-state index in [9.17, 15) is 9.59 Å². The molecule has 146 valence electrons. The second-order valence-corrected chi connectivity index (χ2v) is 8.31. The van der Waals surface area contributed by atoms with E-state index in [4.69, 9.17) is 4.79 Å². The summed E-state index contributed by atoms with van der Waals surface area (Å²) in [4.78, 5) is 28.9. The van der Waals surface area contributed by atoms with Crippen molar-refractivity contribution in [3.63, 3.8) is 0 Å². The summed E-state index contributed by atoms with van der Waals surface area (Å²) in [6.45, 7) is 11.0. The van der Waals surface area contributed by atoms with Crippen molar-refractivity contribution in [2.75, 3.05) is 0 Å². The van der Waals surface area contributed by atoms with E-state index in [1.807, 2.05) is 19.8 Å². The topological polar surface area (TPSA) is 51.2 Å². The van der Waals surface area contributed by atoms with Gasteiger partial charge in [-0.25, -0.2) is 0 Å². The van der Waals surface area contributed by atoms with Crippen LogP contribution in [0.5, 0.6) is 0 Å². The van der Waals surface area contributed by atoms with Crippen LogP contribution in [0, 0.1) is 16.7 Å². The molecule has 27 heavy (non-hydrogen) atoms. The monoisotopic (exact) mass is 368 g/mol. The molecule has 0 N–H and O–H groups in total. The fourth-order valence-electron chi connectivity index (χ4n) is 5.07. The zero-order valence-electron chi connectivity index (χ0n) is 17.1. The van der Waals surface area contributed by atoms with Crippen LogP contribution < -0.4 is 0 Å². The second kappa shape index (κ2) is 8.33. The Morgan fingerprint density at radius 3 is 2.52 bits per heavy atom. The Kier molecular flexibility index (Phi) is 6.56. The van der Waals surface area contributed by atoms with Gasteiger partial charge in [0.15, 0.2) is 5.78 Å². The van der Waals surface area contributed by atoms with Crippen LogP contribution in [0.15, 0.2) is 46.6 Å². The van der Waals surface area contributed by atoms with E-state index < -0.39 is 0 Å². The van der Waals surface area contributed by atoms with Crippen LogP contribution in [0.4, 0.5) is 0 Å². The third kappa shape index (κ3) is 3.56. The SMILES string of the molecule is C=O.CC1CC=C2C3=C(CCC21C)C1(C)C=CC(=O)C=C1CC3.CCC=O. The average molecular weight is 369 g/mol. The third-order valence-corrected chi connectivity index (χ3v) is 6.96. The summed E-state index contributed by atoms with van der Waals surface area (Å²) in [5.41, 5.74) is 6.61. The third-order valence-electron chi connectivity index (χ3n) is 6.96. The number of carbonyl (C=O) groups is 3. The number of aldehydes is 1. The van der Waals surface area contributed by atoms with Crippen molar-refractivity contribution in [1.29, 1.82) is 0 Å². The first-order chi connectivity index (χ1) is 12.9. The van der Waals surface area contributed by atoms with Gasteiger partial charge in [-0.2, -0.15) is 0 Å². The Labute approximate surface area is 163 Å². The molecule has 3 heteroatoms. The molecule has 0 aliphatic heterocycles. The van der Waals surface area contributed by atoms with Crippen LogP contribution in [0.25, 0.3) is 0 Å². The molecule has 0 spiro atoms. The van der Waals surface area contributed by atoms with Gasteiger partial charge in [-0.1, -0.05) is 44.1 Å². The van der Waals surface area contributed by atoms with Crippen molar-refractivity contribution in [2.24, 2.45) is 16.7 Å². The summed E-state index contributed by atoms with van der Waals surface area (Å²) < 4.78 is 0. The average Bonchev–Trinajstić information content (AvgIpc) is 2.99. The highest BCUT2D eigenvalue weighted by molar-refractivity contribution is 6.01. The number of hydrogen-bond donors (Lipinski definition) is 0. The Morgan fingerprint density at radius 1 is 1.22 bits per heavy atom. The Hall–Kier alpha value is -2.03. The Morgan fingerprint density at radius 2 is 1.89 bits per heavy atom. The first kappa shape index (κ1) is 21.3. The Balaban J connectivity index is 0.000000389. The van der Waals surface area contributed by atoms with Gasteiger partial charge in [-0.05, 0) is 73.7 Å². The van der Waals surface area contributed by atoms with Crippen molar-refractivity contribution >= 4 is 18.9 Å². The number of ketones is 1. The first-order valence-corrected chi connectivity index (χ1v) is 9.97. The molecule has 0 amide bonds. The van der Waals surface area contributed by atoms with Crippen LogP contribution in [-0.4, -0.2) is 18.9 Å². The van der Waals surface area contributed by atoms with Crippen molar-refractivity contribution < 1.29 is 14.4 Å². The standard InChI is InChI=1S/C20H24O.C3H6O.CH2O/c1-13-4-7-17-16-6-5-14-12-15(21)8-10-20(14,3)18(16)9-11-19(13,17)2;1-2-3-4;1-2/h7-8,10,12-13H,4-6,9,11H2,1-3H3;3H,2H2,1H3;1H2. The van der Waals surface area contributed by atoms with E-state index >= 15 is 0 Å². The maximum atomic E-state index is 11.7. The minimum atomic E-state index is 0.00942. The van der Waals surface area contributed by atoms with Crippen molar-refractivity contribution in [3.05, 3.63) is 46.6 Å². The van der Waals surface area contributed by atoms with Crippen LogP contribution in [-0.2, 0) is 14.4 Å². The minimum absolute atomic E-state index is 0.00942. The zero-order valence-corrected chi connectivity index (χ0v) is 17.1. The molecule has 0 saturated heterocycles. The van der Waals surface area contributed by atoms with Gasteiger partial charge in [0.25, 0.3) is 0 Å². The molecule has 0 aromatic rings. The van der Waals surface area contributed by atoms with Gasteiger partial charge in [-0.15, -0.1) is 0 Å². The second-order valence-electron chi connectivity index (χ2n) is 8.31. The molecular formula is C24H32O3. The summed E-state index contributed by atoms with van der Waals surface area (Å²) in [6, 6.07) is 0. The number of fused-ring (bicyclic) bond motifs is 4. The zero-order chi connectivity index (χ0) is 20.2. The summed E-state index contributed by atoms with van der Waals surface area (Å²) in [6.07, 6.45) is 15.7. The maximum Gasteiger partial charge on any atom is 0.178 e. The largest absolute Gasteiger partial charge is 0.307 e. The predicted octanol–water partition coefficient (Wildman–Crippen LogP) is 5.33. The lowest BCUT2D eigenvalue weighted by molar-refractivity contribution is -0.110. The van der Waals surface area contributed by atoms with Crippen LogP contribution in [0.3, 0.4) is 0 Å². The molecular weight excluding hydrogens is 336 g/mol. The fraction of sp³-hybridized carbons (Fsp3) is 0.542. The molecule has 0 bridgehead atoms. The number of hydrogen-bond acceptors (Lipinski definition) is 3. The molecule has 0 aromatic carbocycles. The van der Waals surface area contributed by atoms with Gasteiger partial charge in [0, 0.05) is 11.8 Å². The van der Waals surface area contributed by atoms with Gasteiger partial charge < -0.3 is 9.59 Å². The van der Waals surface area contributed by atoms with E-state index in [2.05, 4.69) is 32.9 Å². The predicted molar refractivity (Wildman–Crippen MR) is 109 cm³/mol. The van der Waals surface area contributed by atoms with Crippen LogP contribution >= 0.6 is 0 Å². The molecule has 0 heterocycles. The Bertz CT molecular complexity index is 737. The van der Waals surface area contributed by atoms with E-state index in [-0.39, 0.29) is 11.2 Å². The lowest BCUT2D eigenvalue weighted by atomic mass is 9.56. The molecule has 3 unspecified atom stereocenters. The molecule has 0 aromatic heterocycles. The lowest BCUT2D eigenvalue weighted by Crippen LogP contribution is -2.36. The van der Waals surface area contributed by atoms with Crippen molar-refractivity contribution in [1.82, 2.24) is 0 Å². The lowest BCUT2D eigenvalue weighted by Gasteiger charge is -2.48. The summed E-state index contributed by atoms with van der Waals surface area (Å²) in [7, 11) is 0. The van der Waals surface area contributed by atoms with E-state index in [0.717, 1.165) is 25.0 Å². The van der Waals surface area contributed by atoms with E-state index in [1.165, 1.54) is 24.8 Å². The van der Waals surface area contributed by atoms with Gasteiger partial charge in [0.1, 0.15) is 13.1 Å². The highest BCUT2D eigenvalue weighted by atomic mass is 16.1. The molecule has 4 aliphatic carbocycles. The quantitative estimate of drug-likeness (QED) is 0.588. The smallest absolute Gasteiger partial charge is 0.178 e. The highest BCUT2D eigenvalue weighted by Crippen LogP contribution is 2.61.